The zero-order chi connectivity index (χ0) is 22.8. The molecule has 4 rings (SSSR count). The van der Waals surface area contributed by atoms with Crippen molar-refractivity contribution in [2.75, 3.05) is 25.2 Å². The number of nitrogens with one attached hydrogen (secondary N) is 1. The number of hydrogen-bond donors (Lipinski definition) is 2. The lowest BCUT2D eigenvalue weighted by Gasteiger charge is -2.28. The fraction of sp³-hybridized carbons (Fsp3) is 0.318. The van der Waals surface area contributed by atoms with Crippen LogP contribution in [-0.4, -0.2) is 42.7 Å². The maximum absolute atomic E-state index is 13.1. The van der Waals surface area contributed by atoms with E-state index in [-0.39, 0.29) is 5.71 Å². The van der Waals surface area contributed by atoms with Gasteiger partial charge in [0.2, 0.25) is 5.91 Å². The molecule has 2 aromatic rings. The van der Waals surface area contributed by atoms with Gasteiger partial charge < -0.3 is 10.5 Å². The number of carbonyl (C=O) groups is 2. The summed E-state index contributed by atoms with van der Waals surface area (Å²) in [7, 11) is 1.57. The Morgan fingerprint density at radius 3 is 2.41 bits per heavy atom. The summed E-state index contributed by atoms with van der Waals surface area (Å²) in [5, 5.41) is 8.73. The number of carbonyl (C=O) groups excluding carboxylic acids is 2. The third kappa shape index (κ3) is 4.39. The number of nitrogens with two attached hydrogens (primary N) is 1. The van der Waals surface area contributed by atoms with Crippen LogP contribution in [0.5, 0.6) is 5.75 Å². The quantitative estimate of drug-likeness (QED) is 0.668. The van der Waals surface area contributed by atoms with Crippen LogP contribution in [0.15, 0.2) is 47.6 Å². The molecule has 2 unspecified atom stereocenters. The number of methoxy groups -OCH3 is 1. The lowest BCUT2D eigenvalue weighted by molar-refractivity contribution is -0.123. The molecule has 32 heavy (non-hydrogen) atoms. The van der Waals surface area contributed by atoms with Gasteiger partial charge in [-0.2, -0.15) is 5.10 Å². The molecule has 2 aliphatic heterocycles. The highest BCUT2D eigenvalue weighted by molar-refractivity contribution is 6.44. The van der Waals surface area contributed by atoms with E-state index in [0.717, 1.165) is 31.5 Å². The van der Waals surface area contributed by atoms with Gasteiger partial charge in [-0.05, 0) is 48.7 Å². The molecule has 0 radical (unpaired) electrons. The maximum Gasteiger partial charge on any atom is 0.282 e. The maximum atomic E-state index is 13.1. The van der Waals surface area contributed by atoms with Crippen molar-refractivity contribution >= 4 is 46.4 Å². The molecule has 1 saturated heterocycles. The van der Waals surface area contributed by atoms with Gasteiger partial charge in [-0.15, -0.1) is 0 Å². The first-order chi connectivity index (χ1) is 15.4. The van der Waals surface area contributed by atoms with E-state index in [0.29, 0.717) is 21.5 Å². The monoisotopic (exact) mass is 475 g/mol. The SMILES string of the molecule is COc1ccc(C2C(C(N)=O)C(C(=O)NN3CCCC3)=NN2c2ccc(Cl)cc2Cl)cc1. The first kappa shape index (κ1) is 22.4. The van der Waals surface area contributed by atoms with Crippen LogP contribution in [-0.2, 0) is 9.59 Å². The number of hydrogen-bond acceptors (Lipinski definition) is 6. The smallest absolute Gasteiger partial charge is 0.282 e. The third-order valence-electron chi connectivity index (χ3n) is 5.61. The zero-order valence-corrected chi connectivity index (χ0v) is 18.9. The Bertz CT molecular complexity index is 1050. The van der Waals surface area contributed by atoms with Crippen LogP contribution in [0.3, 0.4) is 0 Å². The Morgan fingerprint density at radius 1 is 1.12 bits per heavy atom. The van der Waals surface area contributed by atoms with Gasteiger partial charge in [0.15, 0.2) is 0 Å². The predicted octanol–water partition coefficient (Wildman–Crippen LogP) is 3.15. The van der Waals surface area contributed by atoms with Crippen LogP contribution in [0, 0.1) is 5.92 Å². The lowest BCUT2D eigenvalue weighted by Crippen LogP contribution is -2.47. The van der Waals surface area contributed by atoms with Gasteiger partial charge in [-0.3, -0.25) is 20.0 Å². The second-order valence-corrected chi connectivity index (χ2v) is 8.50. The Kier molecular flexibility index (Phi) is 6.55. The van der Waals surface area contributed by atoms with Gasteiger partial charge in [0.05, 0.1) is 23.9 Å². The van der Waals surface area contributed by atoms with Crippen LogP contribution in [0.4, 0.5) is 5.69 Å². The van der Waals surface area contributed by atoms with Gasteiger partial charge in [-0.25, -0.2) is 5.01 Å². The third-order valence-corrected chi connectivity index (χ3v) is 6.15. The summed E-state index contributed by atoms with van der Waals surface area (Å²) in [4.78, 5) is 25.7. The molecule has 2 heterocycles. The van der Waals surface area contributed by atoms with E-state index in [4.69, 9.17) is 33.7 Å². The number of hydrazone groups is 1. The van der Waals surface area contributed by atoms with Crippen molar-refractivity contribution in [1.82, 2.24) is 10.4 Å². The largest absolute Gasteiger partial charge is 0.497 e. The molecule has 2 atom stereocenters. The molecule has 2 amide bonds. The molecule has 0 bridgehead atoms. The molecular weight excluding hydrogens is 453 g/mol. The predicted molar refractivity (Wildman–Crippen MR) is 124 cm³/mol. The average Bonchev–Trinajstić information content (AvgIpc) is 3.42. The second-order valence-electron chi connectivity index (χ2n) is 7.66. The topological polar surface area (TPSA) is 100 Å². The molecule has 0 saturated carbocycles. The summed E-state index contributed by atoms with van der Waals surface area (Å²) in [6.07, 6.45) is 1.99. The molecule has 0 aromatic heterocycles. The summed E-state index contributed by atoms with van der Waals surface area (Å²) >= 11 is 12.5. The van der Waals surface area contributed by atoms with E-state index < -0.39 is 23.8 Å². The van der Waals surface area contributed by atoms with Crippen molar-refractivity contribution in [3.8, 4) is 5.75 Å². The summed E-state index contributed by atoms with van der Waals surface area (Å²) < 4.78 is 5.24. The minimum absolute atomic E-state index is 0.0382. The number of rotatable bonds is 6. The van der Waals surface area contributed by atoms with E-state index in [1.54, 1.807) is 42.5 Å². The number of halogens is 2. The first-order valence-electron chi connectivity index (χ1n) is 10.2. The highest BCUT2D eigenvalue weighted by Crippen LogP contribution is 2.42. The number of anilines is 1. The van der Waals surface area contributed by atoms with Crippen molar-refractivity contribution in [3.63, 3.8) is 0 Å². The molecule has 8 nitrogen and oxygen atoms in total. The summed E-state index contributed by atoms with van der Waals surface area (Å²) in [5.41, 5.74) is 9.92. The van der Waals surface area contributed by atoms with Crippen molar-refractivity contribution in [2.24, 2.45) is 16.8 Å². The summed E-state index contributed by atoms with van der Waals surface area (Å²) in [6.45, 7) is 1.49. The minimum Gasteiger partial charge on any atom is -0.497 e. The molecule has 2 aliphatic rings. The molecule has 0 aliphatic carbocycles. The molecule has 3 N–H and O–H groups in total. The van der Waals surface area contributed by atoms with E-state index in [1.807, 2.05) is 17.1 Å². The van der Waals surface area contributed by atoms with Crippen LogP contribution >= 0.6 is 23.2 Å². The number of primary amides is 1. The van der Waals surface area contributed by atoms with Crippen LogP contribution in [0.2, 0.25) is 10.0 Å². The van der Waals surface area contributed by atoms with Crippen molar-refractivity contribution in [3.05, 3.63) is 58.1 Å². The molecule has 168 valence electrons. The standard InChI is InChI=1S/C22H23Cl2N5O3/c1-32-15-7-4-13(5-8-15)20-18(21(25)30)19(22(31)27-28-10-2-3-11-28)26-29(20)17-9-6-14(23)12-16(17)24/h4-9,12,18,20H,2-3,10-11H2,1H3,(H2,25,30)(H,27,31). The minimum atomic E-state index is -0.988. The molecule has 1 fully saturated rings. The molecule has 2 aromatic carbocycles. The van der Waals surface area contributed by atoms with Crippen LogP contribution in [0.25, 0.3) is 0 Å². The fourth-order valence-electron chi connectivity index (χ4n) is 4.04. The Morgan fingerprint density at radius 2 is 1.81 bits per heavy atom. The van der Waals surface area contributed by atoms with Crippen molar-refractivity contribution < 1.29 is 14.3 Å². The van der Waals surface area contributed by atoms with Crippen LogP contribution in [0.1, 0.15) is 24.4 Å². The molecule has 10 heteroatoms. The van der Waals surface area contributed by atoms with Gasteiger partial charge in [0, 0.05) is 18.1 Å². The number of benzene rings is 2. The van der Waals surface area contributed by atoms with Gasteiger partial charge in [0.25, 0.3) is 5.91 Å². The molecular formula is C22H23Cl2N5O3. The number of nitrogens with zero attached hydrogens (tertiary/aromatic N) is 3. The van der Waals surface area contributed by atoms with E-state index in [2.05, 4.69) is 10.5 Å². The van der Waals surface area contributed by atoms with E-state index in [9.17, 15) is 9.59 Å². The van der Waals surface area contributed by atoms with Gasteiger partial charge >= 0.3 is 0 Å². The Hall–Kier alpha value is -2.81. The van der Waals surface area contributed by atoms with Gasteiger partial charge in [-0.1, -0.05) is 35.3 Å². The zero-order valence-electron chi connectivity index (χ0n) is 17.4. The second kappa shape index (κ2) is 9.36. The van der Waals surface area contributed by atoms with Gasteiger partial charge in [0.1, 0.15) is 17.4 Å². The fourth-order valence-corrected chi connectivity index (χ4v) is 4.54. The Labute approximate surface area is 195 Å². The van der Waals surface area contributed by atoms with E-state index in [1.165, 1.54) is 0 Å². The van der Waals surface area contributed by atoms with Crippen molar-refractivity contribution in [1.29, 1.82) is 0 Å². The number of amides is 2. The average molecular weight is 476 g/mol. The summed E-state index contributed by atoms with van der Waals surface area (Å²) in [6, 6.07) is 11.5. The van der Waals surface area contributed by atoms with Crippen LogP contribution < -0.4 is 20.9 Å². The highest BCUT2D eigenvalue weighted by atomic mass is 35.5. The lowest BCUT2D eigenvalue weighted by atomic mass is 9.88. The highest BCUT2D eigenvalue weighted by Gasteiger charge is 2.46. The summed E-state index contributed by atoms with van der Waals surface area (Å²) in [5.74, 6) is -1.44. The first-order valence-corrected chi connectivity index (χ1v) is 11.0. The van der Waals surface area contributed by atoms with Crippen molar-refractivity contribution in [2.45, 2.75) is 18.9 Å². The Balaban J connectivity index is 1.78. The molecule has 0 spiro atoms. The normalized spacial score (nSPS) is 20.8. The van der Waals surface area contributed by atoms with E-state index >= 15 is 0 Å². The number of ether oxygens (including phenoxy) is 1. The number of hydrazine groups is 1.